The fourth-order valence-electron chi connectivity index (χ4n) is 2.94. The van der Waals surface area contributed by atoms with E-state index in [2.05, 4.69) is 14.9 Å². The Balaban J connectivity index is 1.80. The summed E-state index contributed by atoms with van der Waals surface area (Å²) in [5, 5.41) is 3.30. The number of likely N-dealkylation sites (N-methyl/N-ethyl adjacent to an activating group) is 1. The molecule has 1 aromatic carbocycles. The SMILES string of the molecule is CN1CCC(NS(=O)(=O)c2ccc3c(c2)CCCN3)C1. The van der Waals surface area contributed by atoms with Crippen molar-refractivity contribution in [1.82, 2.24) is 9.62 Å². The third-order valence-corrected chi connectivity index (χ3v) is 5.56. The Bertz CT molecular complexity index is 600. The van der Waals surface area contributed by atoms with Gasteiger partial charge >= 0.3 is 0 Å². The van der Waals surface area contributed by atoms with E-state index in [1.54, 1.807) is 6.07 Å². The van der Waals surface area contributed by atoms with Crippen LogP contribution in [0.4, 0.5) is 5.69 Å². The fraction of sp³-hybridized carbons (Fsp3) is 0.571. The van der Waals surface area contributed by atoms with E-state index in [9.17, 15) is 8.42 Å². The number of aryl methyl sites for hydroxylation is 1. The van der Waals surface area contributed by atoms with E-state index in [0.717, 1.165) is 50.1 Å². The lowest BCUT2D eigenvalue weighted by Crippen LogP contribution is -2.36. The van der Waals surface area contributed by atoms with Crippen molar-refractivity contribution in [1.29, 1.82) is 0 Å². The molecule has 1 atom stereocenters. The molecule has 2 aliphatic rings. The Morgan fingerprint density at radius 3 is 3.00 bits per heavy atom. The zero-order valence-electron chi connectivity index (χ0n) is 11.7. The standard InChI is InChI=1S/C14H21N3O2S/c1-17-8-6-12(10-17)16-20(18,19)13-4-5-14-11(9-13)3-2-7-15-14/h4-5,9,12,15-16H,2-3,6-8,10H2,1H3. The van der Waals surface area contributed by atoms with E-state index in [-0.39, 0.29) is 6.04 Å². The number of hydrogen-bond donors (Lipinski definition) is 2. The normalized spacial score (nSPS) is 23.4. The average Bonchev–Trinajstić information content (AvgIpc) is 2.83. The number of benzene rings is 1. The van der Waals surface area contributed by atoms with Crippen molar-refractivity contribution in [2.45, 2.75) is 30.2 Å². The minimum absolute atomic E-state index is 0.0270. The molecule has 0 bridgehead atoms. The molecule has 0 radical (unpaired) electrons. The van der Waals surface area contributed by atoms with Gasteiger partial charge in [-0.15, -0.1) is 0 Å². The van der Waals surface area contributed by atoms with Gasteiger partial charge in [0.1, 0.15) is 0 Å². The molecular formula is C14H21N3O2S. The van der Waals surface area contributed by atoms with Crippen LogP contribution in [-0.4, -0.2) is 46.0 Å². The second-order valence-corrected chi connectivity index (χ2v) is 7.43. The molecule has 0 amide bonds. The molecule has 0 saturated carbocycles. The minimum Gasteiger partial charge on any atom is -0.385 e. The first-order valence-corrected chi connectivity index (χ1v) is 8.60. The molecule has 5 nitrogen and oxygen atoms in total. The van der Waals surface area contributed by atoms with Crippen molar-refractivity contribution >= 4 is 15.7 Å². The van der Waals surface area contributed by atoms with Crippen molar-refractivity contribution in [3.63, 3.8) is 0 Å². The van der Waals surface area contributed by atoms with Crippen LogP contribution in [0.25, 0.3) is 0 Å². The Kier molecular flexibility index (Phi) is 3.70. The quantitative estimate of drug-likeness (QED) is 0.874. The first kappa shape index (κ1) is 13.9. The Labute approximate surface area is 120 Å². The van der Waals surface area contributed by atoms with Gasteiger partial charge in [0.15, 0.2) is 0 Å². The molecule has 0 aliphatic carbocycles. The Hall–Kier alpha value is -1.11. The first-order valence-electron chi connectivity index (χ1n) is 7.12. The van der Waals surface area contributed by atoms with Gasteiger partial charge in [0.05, 0.1) is 4.90 Å². The van der Waals surface area contributed by atoms with Gasteiger partial charge < -0.3 is 10.2 Å². The minimum atomic E-state index is -3.41. The largest absolute Gasteiger partial charge is 0.385 e. The summed E-state index contributed by atoms with van der Waals surface area (Å²) in [6.45, 7) is 2.69. The Morgan fingerprint density at radius 2 is 2.25 bits per heavy atom. The van der Waals surface area contributed by atoms with Crippen LogP contribution in [0.3, 0.4) is 0 Å². The van der Waals surface area contributed by atoms with E-state index in [0.29, 0.717) is 4.90 Å². The molecule has 2 N–H and O–H groups in total. The Morgan fingerprint density at radius 1 is 1.40 bits per heavy atom. The summed E-state index contributed by atoms with van der Waals surface area (Å²) in [6, 6.07) is 5.41. The van der Waals surface area contributed by atoms with E-state index in [1.165, 1.54) is 0 Å². The summed E-state index contributed by atoms with van der Waals surface area (Å²) in [5.74, 6) is 0. The molecular weight excluding hydrogens is 274 g/mol. The van der Waals surface area contributed by atoms with Crippen molar-refractivity contribution < 1.29 is 8.42 Å². The summed E-state index contributed by atoms with van der Waals surface area (Å²) >= 11 is 0. The third-order valence-electron chi connectivity index (χ3n) is 4.04. The summed E-state index contributed by atoms with van der Waals surface area (Å²) in [5.41, 5.74) is 2.17. The summed E-state index contributed by atoms with van der Waals surface area (Å²) < 4.78 is 27.7. The third kappa shape index (κ3) is 2.82. The molecule has 2 aliphatic heterocycles. The topological polar surface area (TPSA) is 61.4 Å². The molecule has 1 fully saturated rings. The van der Waals surface area contributed by atoms with Gasteiger partial charge in [0.2, 0.25) is 10.0 Å². The molecule has 20 heavy (non-hydrogen) atoms. The monoisotopic (exact) mass is 295 g/mol. The molecule has 1 unspecified atom stereocenters. The summed E-state index contributed by atoms with van der Waals surface area (Å²) in [6.07, 6.45) is 2.87. The number of anilines is 1. The van der Waals surface area contributed by atoms with Crippen molar-refractivity contribution in [3.05, 3.63) is 23.8 Å². The summed E-state index contributed by atoms with van der Waals surface area (Å²) in [4.78, 5) is 2.53. The van der Waals surface area contributed by atoms with Gasteiger partial charge in [-0.25, -0.2) is 13.1 Å². The lowest BCUT2D eigenvalue weighted by atomic mass is 10.0. The predicted octanol–water partition coefficient (Wildman–Crippen LogP) is 1.03. The highest BCUT2D eigenvalue weighted by molar-refractivity contribution is 7.89. The van der Waals surface area contributed by atoms with Gasteiger partial charge in [0.25, 0.3) is 0 Å². The van der Waals surface area contributed by atoms with Gasteiger partial charge in [-0.1, -0.05) is 0 Å². The molecule has 6 heteroatoms. The van der Waals surface area contributed by atoms with E-state index >= 15 is 0 Å². The van der Waals surface area contributed by atoms with Crippen molar-refractivity contribution in [2.75, 3.05) is 32.0 Å². The average molecular weight is 295 g/mol. The number of nitrogens with one attached hydrogen (secondary N) is 2. The number of sulfonamides is 1. The highest BCUT2D eigenvalue weighted by Gasteiger charge is 2.26. The van der Waals surface area contributed by atoms with E-state index in [4.69, 9.17) is 0 Å². The predicted molar refractivity (Wildman–Crippen MR) is 79.5 cm³/mol. The fourth-order valence-corrected chi connectivity index (χ4v) is 4.25. The maximum atomic E-state index is 12.4. The number of likely N-dealkylation sites (tertiary alicyclic amines) is 1. The van der Waals surface area contributed by atoms with E-state index < -0.39 is 10.0 Å². The van der Waals surface area contributed by atoms with Crippen LogP contribution < -0.4 is 10.0 Å². The lowest BCUT2D eigenvalue weighted by molar-refractivity contribution is 0.407. The molecule has 1 aromatic rings. The second kappa shape index (κ2) is 5.35. The maximum Gasteiger partial charge on any atom is 0.240 e. The van der Waals surface area contributed by atoms with Gasteiger partial charge in [0, 0.05) is 24.8 Å². The number of rotatable bonds is 3. The van der Waals surface area contributed by atoms with Crippen LogP contribution in [0.15, 0.2) is 23.1 Å². The second-order valence-electron chi connectivity index (χ2n) is 5.72. The van der Waals surface area contributed by atoms with Crippen LogP contribution >= 0.6 is 0 Å². The summed E-state index contributed by atoms with van der Waals surface area (Å²) in [7, 11) is -1.39. The first-order chi connectivity index (χ1) is 9.54. The van der Waals surface area contributed by atoms with Gasteiger partial charge in [-0.05, 0) is 56.6 Å². The van der Waals surface area contributed by atoms with Crippen LogP contribution in [-0.2, 0) is 16.4 Å². The number of nitrogens with zero attached hydrogens (tertiary/aromatic N) is 1. The zero-order chi connectivity index (χ0) is 14.2. The molecule has 110 valence electrons. The number of fused-ring (bicyclic) bond motifs is 1. The van der Waals surface area contributed by atoms with Gasteiger partial charge in [-0.2, -0.15) is 0 Å². The molecule has 1 saturated heterocycles. The number of hydrogen-bond acceptors (Lipinski definition) is 4. The van der Waals surface area contributed by atoms with Crippen LogP contribution in [0.2, 0.25) is 0 Å². The molecule has 0 spiro atoms. The molecule has 2 heterocycles. The maximum absolute atomic E-state index is 12.4. The van der Waals surface area contributed by atoms with Crippen molar-refractivity contribution in [3.8, 4) is 0 Å². The smallest absolute Gasteiger partial charge is 0.240 e. The highest BCUT2D eigenvalue weighted by atomic mass is 32.2. The molecule has 0 aromatic heterocycles. The van der Waals surface area contributed by atoms with E-state index in [1.807, 2.05) is 19.2 Å². The van der Waals surface area contributed by atoms with Crippen LogP contribution in [0.1, 0.15) is 18.4 Å². The highest BCUT2D eigenvalue weighted by Crippen LogP contribution is 2.25. The molecule has 3 rings (SSSR count). The van der Waals surface area contributed by atoms with Crippen LogP contribution in [0.5, 0.6) is 0 Å². The van der Waals surface area contributed by atoms with Gasteiger partial charge in [-0.3, -0.25) is 0 Å². The van der Waals surface area contributed by atoms with Crippen LogP contribution in [0, 0.1) is 0 Å². The lowest BCUT2D eigenvalue weighted by Gasteiger charge is -2.19. The zero-order valence-corrected chi connectivity index (χ0v) is 12.5. The van der Waals surface area contributed by atoms with Crippen molar-refractivity contribution in [2.24, 2.45) is 0 Å².